The highest BCUT2D eigenvalue weighted by Crippen LogP contribution is 2.15. The molecule has 23 heavy (non-hydrogen) atoms. The van der Waals surface area contributed by atoms with Crippen molar-refractivity contribution in [2.75, 3.05) is 26.2 Å². The number of hydrogen-bond acceptors (Lipinski definition) is 4. The summed E-state index contributed by atoms with van der Waals surface area (Å²) in [6, 6.07) is 7.33. The molecule has 2 amide bonds. The van der Waals surface area contributed by atoms with Crippen molar-refractivity contribution in [2.45, 2.75) is 6.92 Å². The second-order valence-corrected chi connectivity index (χ2v) is 7.32. The van der Waals surface area contributed by atoms with E-state index in [1.807, 2.05) is 31.2 Å². The first-order valence-electron chi connectivity index (χ1n) is 7.31. The van der Waals surface area contributed by atoms with E-state index in [1.54, 1.807) is 15.2 Å². The van der Waals surface area contributed by atoms with Gasteiger partial charge in [-0.25, -0.2) is 4.98 Å². The molecule has 0 unspecified atom stereocenters. The van der Waals surface area contributed by atoms with Crippen LogP contribution >= 0.6 is 27.3 Å². The van der Waals surface area contributed by atoms with Gasteiger partial charge in [-0.05, 0) is 31.2 Å². The van der Waals surface area contributed by atoms with Gasteiger partial charge in [0, 0.05) is 41.6 Å². The zero-order valence-corrected chi connectivity index (χ0v) is 15.1. The van der Waals surface area contributed by atoms with Crippen LogP contribution in [0.25, 0.3) is 0 Å². The largest absolute Gasteiger partial charge is 0.335 e. The third kappa shape index (κ3) is 3.61. The predicted molar refractivity (Wildman–Crippen MR) is 92.8 cm³/mol. The Morgan fingerprint density at radius 2 is 1.61 bits per heavy atom. The average molecular weight is 394 g/mol. The third-order valence-electron chi connectivity index (χ3n) is 3.78. The van der Waals surface area contributed by atoms with E-state index in [9.17, 15) is 9.59 Å². The highest BCUT2D eigenvalue weighted by Gasteiger charge is 2.26. The van der Waals surface area contributed by atoms with Gasteiger partial charge in [0.15, 0.2) is 0 Å². The second kappa shape index (κ2) is 6.80. The number of carbonyl (C=O) groups excluding carboxylic acids is 2. The molecule has 7 heteroatoms. The number of halogens is 1. The number of amides is 2. The summed E-state index contributed by atoms with van der Waals surface area (Å²) in [5.74, 6) is -0.0424. The van der Waals surface area contributed by atoms with Gasteiger partial charge >= 0.3 is 0 Å². The monoisotopic (exact) mass is 393 g/mol. The van der Waals surface area contributed by atoms with Crippen LogP contribution in [-0.2, 0) is 0 Å². The fourth-order valence-corrected chi connectivity index (χ4v) is 3.36. The summed E-state index contributed by atoms with van der Waals surface area (Å²) in [6.07, 6.45) is 0. The van der Waals surface area contributed by atoms with Crippen LogP contribution in [-0.4, -0.2) is 52.8 Å². The van der Waals surface area contributed by atoms with Crippen molar-refractivity contribution in [1.82, 2.24) is 14.8 Å². The van der Waals surface area contributed by atoms with Crippen LogP contribution in [0.4, 0.5) is 0 Å². The number of carbonyl (C=O) groups is 2. The lowest BCUT2D eigenvalue weighted by molar-refractivity contribution is 0.0532. The SMILES string of the molecule is Cc1nc(C(=O)N2CCN(C(=O)c3ccc(Br)cc3)CC2)cs1. The molecule has 0 N–H and O–H groups in total. The lowest BCUT2D eigenvalue weighted by Gasteiger charge is -2.34. The van der Waals surface area contributed by atoms with Gasteiger partial charge < -0.3 is 9.80 Å². The molecule has 2 aromatic rings. The summed E-state index contributed by atoms with van der Waals surface area (Å²) in [5, 5.41) is 2.68. The molecule has 1 aliphatic heterocycles. The standard InChI is InChI=1S/C16H16BrN3O2S/c1-11-18-14(10-23-11)16(22)20-8-6-19(7-9-20)15(21)12-2-4-13(17)5-3-12/h2-5,10H,6-9H2,1H3. The Bertz CT molecular complexity index is 721. The molecular formula is C16H16BrN3O2S. The number of rotatable bonds is 2. The molecule has 1 aromatic carbocycles. The van der Waals surface area contributed by atoms with Gasteiger partial charge in [0.1, 0.15) is 5.69 Å². The zero-order valence-electron chi connectivity index (χ0n) is 12.7. The number of benzene rings is 1. The predicted octanol–water partition coefficient (Wildman–Crippen LogP) is 2.81. The molecule has 0 radical (unpaired) electrons. The number of aromatic nitrogens is 1. The number of hydrogen-bond donors (Lipinski definition) is 0. The van der Waals surface area contributed by atoms with Crippen molar-refractivity contribution in [1.29, 1.82) is 0 Å². The number of aryl methyl sites for hydroxylation is 1. The molecule has 120 valence electrons. The van der Waals surface area contributed by atoms with E-state index in [2.05, 4.69) is 20.9 Å². The summed E-state index contributed by atoms with van der Waals surface area (Å²) in [5.41, 5.74) is 1.17. The summed E-state index contributed by atoms with van der Waals surface area (Å²) in [6.45, 7) is 4.05. The summed E-state index contributed by atoms with van der Waals surface area (Å²) in [7, 11) is 0. The molecule has 1 aliphatic rings. The molecule has 1 saturated heterocycles. The third-order valence-corrected chi connectivity index (χ3v) is 5.09. The Morgan fingerprint density at radius 3 is 2.13 bits per heavy atom. The lowest BCUT2D eigenvalue weighted by atomic mass is 10.2. The van der Waals surface area contributed by atoms with E-state index in [0.717, 1.165) is 9.48 Å². The van der Waals surface area contributed by atoms with Crippen molar-refractivity contribution < 1.29 is 9.59 Å². The fraction of sp³-hybridized carbons (Fsp3) is 0.312. The van der Waals surface area contributed by atoms with Gasteiger partial charge in [-0.3, -0.25) is 9.59 Å². The normalized spacial score (nSPS) is 14.9. The Labute approximate surface area is 147 Å². The van der Waals surface area contributed by atoms with Gasteiger partial charge in [0.2, 0.25) is 0 Å². The smallest absolute Gasteiger partial charge is 0.273 e. The van der Waals surface area contributed by atoms with Gasteiger partial charge in [0.05, 0.1) is 5.01 Å². The lowest BCUT2D eigenvalue weighted by Crippen LogP contribution is -2.50. The van der Waals surface area contributed by atoms with E-state index in [0.29, 0.717) is 37.4 Å². The van der Waals surface area contributed by atoms with Gasteiger partial charge in [-0.15, -0.1) is 11.3 Å². The van der Waals surface area contributed by atoms with Crippen molar-refractivity contribution in [3.63, 3.8) is 0 Å². The Hall–Kier alpha value is -1.73. The second-order valence-electron chi connectivity index (χ2n) is 5.34. The van der Waals surface area contributed by atoms with E-state index < -0.39 is 0 Å². The molecule has 0 aliphatic carbocycles. The number of nitrogens with zero attached hydrogens (tertiary/aromatic N) is 3. The fourth-order valence-electron chi connectivity index (χ4n) is 2.51. The van der Waals surface area contributed by atoms with E-state index >= 15 is 0 Å². The van der Waals surface area contributed by atoms with Crippen LogP contribution in [0.15, 0.2) is 34.1 Å². The highest BCUT2D eigenvalue weighted by molar-refractivity contribution is 9.10. The number of thiazole rings is 1. The summed E-state index contributed by atoms with van der Waals surface area (Å²) < 4.78 is 0.947. The molecule has 0 saturated carbocycles. The minimum atomic E-state index is -0.0508. The molecule has 1 aromatic heterocycles. The van der Waals surface area contributed by atoms with Crippen LogP contribution in [0, 0.1) is 6.92 Å². The van der Waals surface area contributed by atoms with Gasteiger partial charge in [-0.2, -0.15) is 0 Å². The molecule has 2 heterocycles. The van der Waals surface area contributed by atoms with E-state index in [4.69, 9.17) is 0 Å². The Balaban J connectivity index is 1.61. The first-order valence-corrected chi connectivity index (χ1v) is 8.98. The van der Waals surface area contributed by atoms with Crippen LogP contribution < -0.4 is 0 Å². The van der Waals surface area contributed by atoms with Crippen LogP contribution in [0.1, 0.15) is 25.9 Å². The van der Waals surface area contributed by atoms with E-state index in [1.165, 1.54) is 11.3 Å². The maximum absolute atomic E-state index is 12.5. The molecule has 1 fully saturated rings. The van der Waals surface area contributed by atoms with Crippen molar-refractivity contribution >= 4 is 39.1 Å². The van der Waals surface area contributed by atoms with E-state index in [-0.39, 0.29) is 11.8 Å². The van der Waals surface area contributed by atoms with Crippen molar-refractivity contribution in [3.8, 4) is 0 Å². The maximum Gasteiger partial charge on any atom is 0.273 e. The molecule has 0 spiro atoms. The maximum atomic E-state index is 12.5. The molecular weight excluding hydrogens is 378 g/mol. The highest BCUT2D eigenvalue weighted by atomic mass is 79.9. The van der Waals surface area contributed by atoms with Gasteiger partial charge in [-0.1, -0.05) is 15.9 Å². The van der Waals surface area contributed by atoms with Crippen LogP contribution in [0.3, 0.4) is 0 Å². The van der Waals surface area contributed by atoms with Gasteiger partial charge in [0.25, 0.3) is 11.8 Å². The molecule has 3 rings (SSSR count). The first-order chi connectivity index (χ1) is 11.0. The number of piperazine rings is 1. The first kappa shape index (κ1) is 16.1. The van der Waals surface area contributed by atoms with Crippen molar-refractivity contribution in [3.05, 3.63) is 50.4 Å². The Kier molecular flexibility index (Phi) is 4.77. The zero-order chi connectivity index (χ0) is 16.4. The minimum Gasteiger partial charge on any atom is -0.335 e. The summed E-state index contributed by atoms with van der Waals surface area (Å²) in [4.78, 5) is 32.6. The molecule has 0 atom stereocenters. The average Bonchev–Trinajstić information content (AvgIpc) is 3.01. The topological polar surface area (TPSA) is 53.5 Å². The molecule has 0 bridgehead atoms. The van der Waals surface area contributed by atoms with Crippen molar-refractivity contribution in [2.24, 2.45) is 0 Å². The van der Waals surface area contributed by atoms with Crippen LogP contribution in [0.2, 0.25) is 0 Å². The minimum absolute atomic E-state index is 0.00843. The summed E-state index contributed by atoms with van der Waals surface area (Å²) >= 11 is 4.84. The Morgan fingerprint density at radius 1 is 1.04 bits per heavy atom. The molecule has 5 nitrogen and oxygen atoms in total. The van der Waals surface area contributed by atoms with Crippen LogP contribution in [0.5, 0.6) is 0 Å². The quantitative estimate of drug-likeness (QED) is 0.787.